The SMILES string of the molecule is Cc1nccnc1C(=O)N1CCCc2cccc(n2)NCCCN(C)C(=O)C1. The van der Waals surface area contributed by atoms with E-state index in [0.717, 1.165) is 30.9 Å². The third-order valence-corrected chi connectivity index (χ3v) is 4.77. The first-order valence-electron chi connectivity index (χ1n) is 9.55. The number of aryl methyl sites for hydroxylation is 2. The maximum absolute atomic E-state index is 13.0. The summed E-state index contributed by atoms with van der Waals surface area (Å²) < 4.78 is 0. The zero-order chi connectivity index (χ0) is 19.9. The summed E-state index contributed by atoms with van der Waals surface area (Å²) in [7, 11) is 1.77. The largest absolute Gasteiger partial charge is 0.370 e. The fraction of sp³-hybridized carbons (Fsp3) is 0.450. The fourth-order valence-corrected chi connectivity index (χ4v) is 3.13. The average molecular weight is 382 g/mol. The van der Waals surface area contributed by atoms with Gasteiger partial charge in [0.05, 0.1) is 5.69 Å². The van der Waals surface area contributed by atoms with Crippen molar-refractivity contribution in [1.29, 1.82) is 0 Å². The van der Waals surface area contributed by atoms with Crippen LogP contribution in [-0.4, -0.2) is 69.8 Å². The number of likely N-dealkylation sites (N-methyl/N-ethyl adjacent to an activating group) is 1. The Balaban J connectivity index is 1.80. The number of carbonyl (C=O) groups is 2. The molecule has 2 amide bonds. The minimum absolute atomic E-state index is 0.0340. The van der Waals surface area contributed by atoms with Gasteiger partial charge < -0.3 is 15.1 Å². The van der Waals surface area contributed by atoms with E-state index in [1.165, 1.54) is 6.20 Å². The molecule has 0 unspecified atom stereocenters. The molecule has 3 rings (SSSR count). The molecule has 3 heterocycles. The summed E-state index contributed by atoms with van der Waals surface area (Å²) in [6.07, 6.45) is 5.29. The highest BCUT2D eigenvalue weighted by Crippen LogP contribution is 2.11. The molecule has 0 aromatic carbocycles. The number of anilines is 1. The number of nitrogens with one attached hydrogen (secondary N) is 1. The molecule has 1 aliphatic heterocycles. The molecule has 0 radical (unpaired) electrons. The molecule has 0 aliphatic carbocycles. The minimum atomic E-state index is -0.261. The molecule has 2 aromatic heterocycles. The first-order chi connectivity index (χ1) is 13.5. The Hall–Kier alpha value is -3.03. The smallest absolute Gasteiger partial charge is 0.274 e. The summed E-state index contributed by atoms with van der Waals surface area (Å²) >= 11 is 0. The van der Waals surface area contributed by atoms with Gasteiger partial charge in [-0.25, -0.2) is 9.97 Å². The Kier molecular flexibility index (Phi) is 6.52. The van der Waals surface area contributed by atoms with Crippen molar-refractivity contribution in [2.24, 2.45) is 0 Å². The van der Waals surface area contributed by atoms with E-state index in [1.807, 2.05) is 18.2 Å². The van der Waals surface area contributed by atoms with Crippen LogP contribution in [0.3, 0.4) is 0 Å². The highest BCUT2D eigenvalue weighted by Gasteiger charge is 2.23. The molecule has 0 spiro atoms. The Morgan fingerprint density at radius 3 is 2.79 bits per heavy atom. The predicted molar refractivity (Wildman–Crippen MR) is 106 cm³/mol. The molecule has 28 heavy (non-hydrogen) atoms. The number of hydrogen-bond donors (Lipinski definition) is 1. The highest BCUT2D eigenvalue weighted by molar-refractivity contribution is 5.95. The molecular weight excluding hydrogens is 356 g/mol. The van der Waals surface area contributed by atoms with Crippen LogP contribution in [0, 0.1) is 6.92 Å². The van der Waals surface area contributed by atoms with Crippen molar-refractivity contribution in [2.75, 3.05) is 38.5 Å². The molecule has 2 bridgehead atoms. The third kappa shape index (κ3) is 5.03. The Bertz CT molecular complexity index is 841. The van der Waals surface area contributed by atoms with E-state index in [2.05, 4.69) is 20.3 Å². The van der Waals surface area contributed by atoms with Crippen LogP contribution in [0.15, 0.2) is 30.6 Å². The van der Waals surface area contributed by atoms with Crippen LogP contribution in [0.2, 0.25) is 0 Å². The van der Waals surface area contributed by atoms with Crippen LogP contribution in [0.5, 0.6) is 0 Å². The number of fused-ring (bicyclic) bond motifs is 2. The predicted octanol–water partition coefficient (Wildman–Crippen LogP) is 1.53. The second-order valence-electron chi connectivity index (χ2n) is 6.93. The van der Waals surface area contributed by atoms with Gasteiger partial charge in [0, 0.05) is 44.8 Å². The summed E-state index contributed by atoms with van der Waals surface area (Å²) in [5, 5.41) is 3.30. The summed E-state index contributed by atoms with van der Waals surface area (Å²) in [5.74, 6) is 0.498. The van der Waals surface area contributed by atoms with Gasteiger partial charge in [0.1, 0.15) is 18.1 Å². The molecular formula is C20H26N6O2. The lowest BCUT2D eigenvalue weighted by Gasteiger charge is -2.26. The Morgan fingerprint density at radius 1 is 1.14 bits per heavy atom. The van der Waals surface area contributed by atoms with Gasteiger partial charge in [-0.1, -0.05) is 6.07 Å². The average Bonchev–Trinajstić information content (AvgIpc) is 2.70. The third-order valence-electron chi connectivity index (χ3n) is 4.77. The van der Waals surface area contributed by atoms with E-state index in [0.29, 0.717) is 30.9 Å². The first-order valence-corrected chi connectivity index (χ1v) is 9.55. The van der Waals surface area contributed by atoms with Gasteiger partial charge >= 0.3 is 0 Å². The van der Waals surface area contributed by atoms with E-state index < -0.39 is 0 Å². The van der Waals surface area contributed by atoms with Crippen LogP contribution in [-0.2, 0) is 11.2 Å². The van der Waals surface area contributed by atoms with E-state index in [1.54, 1.807) is 30.0 Å². The molecule has 2 aromatic rings. The molecule has 0 atom stereocenters. The first kappa shape index (κ1) is 19.7. The standard InChI is InChI=1S/C20H26N6O2/c1-15-19(23-11-10-21-15)20(28)26-13-4-7-16-6-3-8-17(24-16)22-9-5-12-25(2)18(27)14-26/h3,6,8,10-11H,4-5,7,9,12-14H2,1-2H3,(H,22,24). The number of aromatic nitrogens is 3. The molecule has 1 N–H and O–H groups in total. The van der Waals surface area contributed by atoms with Crippen LogP contribution < -0.4 is 5.32 Å². The van der Waals surface area contributed by atoms with Crippen molar-refractivity contribution in [3.05, 3.63) is 47.7 Å². The molecule has 8 heteroatoms. The molecule has 8 nitrogen and oxygen atoms in total. The highest BCUT2D eigenvalue weighted by atomic mass is 16.2. The van der Waals surface area contributed by atoms with Crippen LogP contribution >= 0.6 is 0 Å². The number of carbonyl (C=O) groups excluding carboxylic acids is 2. The lowest BCUT2D eigenvalue weighted by atomic mass is 10.2. The maximum Gasteiger partial charge on any atom is 0.274 e. The number of hydrogen-bond acceptors (Lipinski definition) is 6. The van der Waals surface area contributed by atoms with Gasteiger partial charge in [-0.3, -0.25) is 14.6 Å². The number of rotatable bonds is 1. The van der Waals surface area contributed by atoms with Crippen LogP contribution in [0.25, 0.3) is 0 Å². The van der Waals surface area contributed by atoms with Crippen molar-refractivity contribution in [1.82, 2.24) is 24.8 Å². The van der Waals surface area contributed by atoms with Gasteiger partial charge in [-0.2, -0.15) is 0 Å². The summed E-state index contributed by atoms with van der Waals surface area (Å²) in [4.78, 5) is 41.8. The quantitative estimate of drug-likeness (QED) is 0.804. The second-order valence-corrected chi connectivity index (χ2v) is 6.93. The maximum atomic E-state index is 13.0. The molecule has 0 fully saturated rings. The zero-order valence-corrected chi connectivity index (χ0v) is 16.4. The van der Waals surface area contributed by atoms with Gasteiger partial charge in [0.15, 0.2) is 0 Å². The molecule has 0 saturated carbocycles. The van der Waals surface area contributed by atoms with Gasteiger partial charge in [-0.05, 0) is 38.3 Å². The van der Waals surface area contributed by atoms with Crippen molar-refractivity contribution < 1.29 is 9.59 Å². The van der Waals surface area contributed by atoms with Gasteiger partial charge in [0.25, 0.3) is 5.91 Å². The normalized spacial score (nSPS) is 16.3. The van der Waals surface area contributed by atoms with Gasteiger partial charge in [0.2, 0.25) is 5.91 Å². The van der Waals surface area contributed by atoms with Crippen LogP contribution in [0.1, 0.15) is 34.7 Å². The van der Waals surface area contributed by atoms with Crippen molar-refractivity contribution in [3.8, 4) is 0 Å². The summed E-state index contributed by atoms with van der Waals surface area (Å²) in [5.41, 5.74) is 1.82. The molecule has 1 aliphatic rings. The number of nitrogens with zero attached hydrogens (tertiary/aromatic N) is 5. The van der Waals surface area contributed by atoms with E-state index in [4.69, 9.17) is 0 Å². The second kappa shape index (κ2) is 9.25. The van der Waals surface area contributed by atoms with Crippen molar-refractivity contribution >= 4 is 17.6 Å². The molecule has 0 saturated heterocycles. The number of amides is 2. The number of pyridine rings is 1. The van der Waals surface area contributed by atoms with E-state index in [-0.39, 0.29) is 18.4 Å². The fourth-order valence-electron chi connectivity index (χ4n) is 3.13. The lowest BCUT2D eigenvalue weighted by Crippen LogP contribution is -2.43. The van der Waals surface area contributed by atoms with E-state index in [9.17, 15) is 9.59 Å². The van der Waals surface area contributed by atoms with Crippen molar-refractivity contribution in [3.63, 3.8) is 0 Å². The zero-order valence-electron chi connectivity index (χ0n) is 16.4. The molecule has 148 valence electrons. The Labute approximate surface area is 165 Å². The van der Waals surface area contributed by atoms with Gasteiger partial charge in [-0.15, -0.1) is 0 Å². The summed E-state index contributed by atoms with van der Waals surface area (Å²) in [6.45, 7) is 3.58. The van der Waals surface area contributed by atoms with E-state index >= 15 is 0 Å². The topological polar surface area (TPSA) is 91.3 Å². The van der Waals surface area contributed by atoms with Crippen LogP contribution in [0.4, 0.5) is 5.82 Å². The van der Waals surface area contributed by atoms with Crippen molar-refractivity contribution in [2.45, 2.75) is 26.2 Å². The lowest BCUT2D eigenvalue weighted by molar-refractivity contribution is -0.130. The monoisotopic (exact) mass is 382 g/mol. The summed E-state index contributed by atoms with van der Waals surface area (Å²) in [6, 6.07) is 5.91. The Morgan fingerprint density at radius 2 is 1.96 bits per heavy atom. The minimum Gasteiger partial charge on any atom is -0.370 e.